The fourth-order valence-electron chi connectivity index (χ4n) is 4.07. The van der Waals surface area contributed by atoms with E-state index in [1.807, 2.05) is 4.90 Å². The van der Waals surface area contributed by atoms with Gasteiger partial charge in [0.05, 0.1) is 0 Å². The molecule has 0 spiro atoms. The molecule has 3 amide bonds. The minimum atomic E-state index is -0.621. The van der Waals surface area contributed by atoms with Crippen LogP contribution in [0.1, 0.15) is 49.4 Å². The molecule has 0 saturated carbocycles. The molecule has 1 atom stereocenters. The van der Waals surface area contributed by atoms with Gasteiger partial charge in [0.2, 0.25) is 11.8 Å². The molecule has 7 heteroatoms. The summed E-state index contributed by atoms with van der Waals surface area (Å²) in [5.74, 6) is -0.808. The number of nitrogens with one attached hydrogen (secondary N) is 1. The monoisotopic (exact) mass is 389 g/mol. The molecule has 1 aromatic carbocycles. The summed E-state index contributed by atoms with van der Waals surface area (Å²) in [5, 5.41) is 2.91. The highest BCUT2D eigenvalue weighted by molar-refractivity contribution is 5.97. The number of amides is 3. The Kier molecular flexibility index (Phi) is 6.65. The standard InChI is InChI=1S/C21H28FN3O3/c1-15(26)24-13-9-16(10-14-24)19(21(28)25-11-3-2-4-12-25)23-20(27)17-5-7-18(22)8-6-17/h5-8,16,19H,2-4,9-14H2,1H3,(H,23,27)/t19-/m0/s1. The summed E-state index contributed by atoms with van der Waals surface area (Å²) in [4.78, 5) is 41.1. The fraction of sp³-hybridized carbons (Fsp3) is 0.571. The Morgan fingerprint density at radius 3 is 2.14 bits per heavy atom. The number of likely N-dealkylation sites (tertiary alicyclic amines) is 2. The Labute approximate surface area is 165 Å². The van der Waals surface area contributed by atoms with Crippen LogP contribution in [0.2, 0.25) is 0 Å². The predicted octanol–water partition coefficient (Wildman–Crippen LogP) is 2.20. The van der Waals surface area contributed by atoms with E-state index in [1.54, 1.807) is 11.8 Å². The fourth-order valence-corrected chi connectivity index (χ4v) is 4.07. The second-order valence-electron chi connectivity index (χ2n) is 7.69. The second-order valence-corrected chi connectivity index (χ2v) is 7.69. The second kappa shape index (κ2) is 9.17. The van der Waals surface area contributed by atoms with Crippen molar-refractivity contribution in [1.29, 1.82) is 0 Å². The average Bonchev–Trinajstić information content (AvgIpc) is 2.72. The van der Waals surface area contributed by atoms with Crippen molar-refractivity contribution in [3.8, 4) is 0 Å². The molecule has 152 valence electrons. The van der Waals surface area contributed by atoms with Crippen molar-refractivity contribution in [2.75, 3.05) is 26.2 Å². The molecule has 2 fully saturated rings. The van der Waals surface area contributed by atoms with Gasteiger partial charge in [0, 0.05) is 38.7 Å². The minimum absolute atomic E-state index is 0.0191. The number of benzene rings is 1. The van der Waals surface area contributed by atoms with Gasteiger partial charge >= 0.3 is 0 Å². The lowest BCUT2D eigenvalue weighted by Crippen LogP contribution is -2.55. The van der Waals surface area contributed by atoms with Crippen molar-refractivity contribution >= 4 is 17.7 Å². The van der Waals surface area contributed by atoms with E-state index < -0.39 is 11.9 Å². The van der Waals surface area contributed by atoms with Crippen LogP contribution in [0.3, 0.4) is 0 Å². The molecular weight excluding hydrogens is 361 g/mol. The first kappa shape index (κ1) is 20.3. The van der Waals surface area contributed by atoms with Crippen molar-refractivity contribution in [2.45, 2.75) is 45.1 Å². The van der Waals surface area contributed by atoms with E-state index >= 15 is 0 Å². The van der Waals surface area contributed by atoms with Gasteiger partial charge < -0.3 is 15.1 Å². The number of nitrogens with zero attached hydrogens (tertiary/aromatic N) is 2. The summed E-state index contributed by atoms with van der Waals surface area (Å²) in [6.07, 6.45) is 4.43. The van der Waals surface area contributed by atoms with Crippen molar-refractivity contribution in [3.05, 3.63) is 35.6 Å². The van der Waals surface area contributed by atoms with Crippen LogP contribution in [-0.4, -0.2) is 59.7 Å². The van der Waals surface area contributed by atoms with Gasteiger partial charge in [0.15, 0.2) is 0 Å². The normalized spacial score (nSPS) is 19.2. The molecule has 0 bridgehead atoms. The lowest BCUT2D eigenvalue weighted by Gasteiger charge is -2.38. The molecule has 2 aliphatic heterocycles. The van der Waals surface area contributed by atoms with Crippen LogP contribution in [0.5, 0.6) is 0 Å². The summed E-state index contributed by atoms with van der Waals surface area (Å²) in [6, 6.07) is 4.70. The summed E-state index contributed by atoms with van der Waals surface area (Å²) in [6.45, 7) is 4.17. The zero-order chi connectivity index (χ0) is 20.1. The summed E-state index contributed by atoms with van der Waals surface area (Å²) in [5.41, 5.74) is 0.332. The summed E-state index contributed by atoms with van der Waals surface area (Å²) < 4.78 is 13.2. The van der Waals surface area contributed by atoms with Gasteiger partial charge in [-0.2, -0.15) is 0 Å². The van der Waals surface area contributed by atoms with Crippen LogP contribution in [0.4, 0.5) is 4.39 Å². The topological polar surface area (TPSA) is 69.7 Å². The SMILES string of the molecule is CC(=O)N1CCC([C@H](NC(=O)c2ccc(F)cc2)C(=O)N2CCCCC2)CC1. The highest BCUT2D eigenvalue weighted by atomic mass is 19.1. The molecule has 3 rings (SSSR count). The molecule has 0 radical (unpaired) electrons. The van der Waals surface area contributed by atoms with Crippen LogP contribution >= 0.6 is 0 Å². The summed E-state index contributed by atoms with van der Waals surface area (Å²) >= 11 is 0. The number of halogens is 1. The van der Waals surface area contributed by atoms with Crippen molar-refractivity contribution in [2.24, 2.45) is 5.92 Å². The number of carbonyl (C=O) groups excluding carboxylic acids is 3. The van der Waals surface area contributed by atoms with Gasteiger partial charge in [-0.3, -0.25) is 14.4 Å². The number of hydrogen-bond acceptors (Lipinski definition) is 3. The molecule has 2 saturated heterocycles. The molecule has 6 nitrogen and oxygen atoms in total. The molecule has 1 aromatic rings. The molecule has 28 heavy (non-hydrogen) atoms. The first-order chi connectivity index (χ1) is 13.5. The van der Waals surface area contributed by atoms with Crippen LogP contribution in [-0.2, 0) is 9.59 Å². The minimum Gasteiger partial charge on any atom is -0.343 e. The quantitative estimate of drug-likeness (QED) is 0.858. The average molecular weight is 389 g/mol. The molecule has 2 heterocycles. The lowest BCUT2D eigenvalue weighted by molar-refractivity contribution is -0.136. The van der Waals surface area contributed by atoms with Gasteiger partial charge in [0.25, 0.3) is 5.91 Å². The van der Waals surface area contributed by atoms with Crippen LogP contribution in [0.15, 0.2) is 24.3 Å². The van der Waals surface area contributed by atoms with Crippen LogP contribution < -0.4 is 5.32 Å². The number of carbonyl (C=O) groups is 3. The molecule has 1 N–H and O–H groups in total. The number of rotatable bonds is 4. The first-order valence-electron chi connectivity index (χ1n) is 10.1. The molecular formula is C21H28FN3O3. The van der Waals surface area contributed by atoms with Gasteiger partial charge in [0.1, 0.15) is 11.9 Å². The highest BCUT2D eigenvalue weighted by Gasteiger charge is 2.36. The van der Waals surface area contributed by atoms with E-state index in [0.717, 1.165) is 19.3 Å². The largest absolute Gasteiger partial charge is 0.343 e. The maximum atomic E-state index is 13.2. The summed E-state index contributed by atoms with van der Waals surface area (Å²) in [7, 11) is 0. The van der Waals surface area contributed by atoms with E-state index in [-0.39, 0.29) is 23.6 Å². The predicted molar refractivity (Wildman–Crippen MR) is 103 cm³/mol. The van der Waals surface area contributed by atoms with Crippen LogP contribution in [0, 0.1) is 11.7 Å². The van der Waals surface area contributed by atoms with E-state index in [2.05, 4.69) is 5.32 Å². The third-order valence-electron chi connectivity index (χ3n) is 5.78. The molecule has 0 unspecified atom stereocenters. The van der Waals surface area contributed by atoms with E-state index in [1.165, 1.54) is 24.3 Å². The maximum absolute atomic E-state index is 13.2. The Hall–Kier alpha value is -2.44. The number of hydrogen-bond donors (Lipinski definition) is 1. The number of piperidine rings is 2. The van der Waals surface area contributed by atoms with E-state index in [4.69, 9.17) is 0 Å². The Morgan fingerprint density at radius 2 is 1.57 bits per heavy atom. The highest BCUT2D eigenvalue weighted by Crippen LogP contribution is 2.24. The Morgan fingerprint density at radius 1 is 0.964 bits per heavy atom. The third kappa shape index (κ3) is 4.88. The van der Waals surface area contributed by atoms with Gasteiger partial charge in [-0.15, -0.1) is 0 Å². The zero-order valence-electron chi connectivity index (χ0n) is 16.3. The van der Waals surface area contributed by atoms with Gasteiger partial charge in [-0.25, -0.2) is 4.39 Å². The smallest absolute Gasteiger partial charge is 0.251 e. The van der Waals surface area contributed by atoms with E-state index in [0.29, 0.717) is 44.6 Å². The zero-order valence-corrected chi connectivity index (χ0v) is 16.3. The molecule has 0 aromatic heterocycles. The van der Waals surface area contributed by atoms with Crippen molar-refractivity contribution in [3.63, 3.8) is 0 Å². The van der Waals surface area contributed by atoms with Crippen LogP contribution in [0.25, 0.3) is 0 Å². The van der Waals surface area contributed by atoms with Gasteiger partial charge in [-0.05, 0) is 62.3 Å². The first-order valence-corrected chi connectivity index (χ1v) is 10.1. The van der Waals surface area contributed by atoms with Crippen molar-refractivity contribution in [1.82, 2.24) is 15.1 Å². The van der Waals surface area contributed by atoms with E-state index in [9.17, 15) is 18.8 Å². The Balaban J connectivity index is 1.74. The van der Waals surface area contributed by atoms with Crippen molar-refractivity contribution < 1.29 is 18.8 Å². The lowest BCUT2D eigenvalue weighted by atomic mass is 9.87. The molecule has 0 aliphatic carbocycles. The van der Waals surface area contributed by atoms with Gasteiger partial charge in [-0.1, -0.05) is 0 Å². The third-order valence-corrected chi connectivity index (χ3v) is 5.78. The Bertz CT molecular complexity index is 708. The maximum Gasteiger partial charge on any atom is 0.251 e. The molecule has 2 aliphatic rings.